The Morgan fingerprint density at radius 3 is 2.22 bits per heavy atom. The lowest BCUT2D eigenvalue weighted by molar-refractivity contribution is 0.324. The van der Waals surface area contributed by atoms with Gasteiger partial charge in [-0.25, -0.2) is 0 Å². The lowest BCUT2D eigenvalue weighted by atomic mass is 10.2. The number of aromatic nitrogens is 2. The normalized spacial score (nSPS) is 10.7. The Morgan fingerprint density at radius 1 is 0.926 bits per heavy atom. The van der Waals surface area contributed by atoms with Gasteiger partial charge in [0.05, 0.1) is 31.4 Å². The highest BCUT2D eigenvalue weighted by atomic mass is 35.5. The van der Waals surface area contributed by atoms with Gasteiger partial charge in [0.15, 0.2) is 11.5 Å². The molecule has 0 saturated heterocycles. The molecule has 0 aliphatic carbocycles. The topological polar surface area (TPSA) is 66.6 Å². The number of ether oxygens (including phenoxy) is 3. The molecule has 0 spiro atoms. The standard InChI is InChI=1S/C18H16Cl2N2O4S/c1-23-14-7-11(8-15(24-2)16(14)25-3)17-21-22-18(26-17)27-9-10-4-5-12(19)13(20)6-10/h4-8H,9H2,1-3H3. The minimum Gasteiger partial charge on any atom is -0.493 e. The van der Waals surface area contributed by atoms with E-state index < -0.39 is 0 Å². The maximum atomic E-state index is 6.03. The van der Waals surface area contributed by atoms with Crippen molar-refractivity contribution in [3.05, 3.63) is 45.9 Å². The van der Waals surface area contributed by atoms with Gasteiger partial charge >= 0.3 is 0 Å². The van der Waals surface area contributed by atoms with Crippen LogP contribution in [0.25, 0.3) is 11.5 Å². The van der Waals surface area contributed by atoms with Gasteiger partial charge in [-0.05, 0) is 29.8 Å². The Morgan fingerprint density at radius 2 is 1.63 bits per heavy atom. The van der Waals surface area contributed by atoms with Crippen molar-refractivity contribution in [1.82, 2.24) is 10.2 Å². The second-order valence-electron chi connectivity index (χ2n) is 5.32. The number of nitrogens with zero attached hydrogens (tertiary/aromatic N) is 2. The Bertz CT molecular complexity index is 924. The van der Waals surface area contributed by atoms with E-state index in [0.29, 0.717) is 49.7 Å². The van der Waals surface area contributed by atoms with Gasteiger partial charge in [-0.3, -0.25) is 0 Å². The molecule has 27 heavy (non-hydrogen) atoms. The summed E-state index contributed by atoms with van der Waals surface area (Å²) in [6.07, 6.45) is 0. The summed E-state index contributed by atoms with van der Waals surface area (Å²) in [5.41, 5.74) is 1.67. The van der Waals surface area contributed by atoms with Gasteiger partial charge in [0.25, 0.3) is 5.22 Å². The number of benzene rings is 2. The molecule has 0 amide bonds. The maximum Gasteiger partial charge on any atom is 0.277 e. The van der Waals surface area contributed by atoms with Gasteiger partial charge in [-0.1, -0.05) is 41.0 Å². The quantitative estimate of drug-likeness (QED) is 0.470. The van der Waals surface area contributed by atoms with Crippen LogP contribution in [-0.2, 0) is 5.75 Å². The largest absolute Gasteiger partial charge is 0.493 e. The molecule has 3 rings (SSSR count). The molecule has 6 nitrogen and oxygen atoms in total. The molecule has 0 radical (unpaired) electrons. The van der Waals surface area contributed by atoms with E-state index in [9.17, 15) is 0 Å². The third kappa shape index (κ3) is 4.43. The summed E-state index contributed by atoms with van der Waals surface area (Å²) < 4.78 is 21.8. The van der Waals surface area contributed by atoms with Gasteiger partial charge in [-0.2, -0.15) is 0 Å². The average Bonchev–Trinajstić information content (AvgIpc) is 3.16. The van der Waals surface area contributed by atoms with Gasteiger partial charge < -0.3 is 18.6 Å². The van der Waals surface area contributed by atoms with Crippen LogP contribution in [0.2, 0.25) is 10.0 Å². The first-order valence-electron chi connectivity index (χ1n) is 7.76. The van der Waals surface area contributed by atoms with Crippen molar-refractivity contribution in [3.8, 4) is 28.7 Å². The van der Waals surface area contributed by atoms with Crippen molar-refractivity contribution < 1.29 is 18.6 Å². The van der Waals surface area contributed by atoms with E-state index in [1.54, 1.807) is 39.5 Å². The number of thioether (sulfide) groups is 1. The van der Waals surface area contributed by atoms with Crippen LogP contribution in [-0.4, -0.2) is 31.5 Å². The molecule has 0 atom stereocenters. The Hall–Kier alpha value is -2.09. The van der Waals surface area contributed by atoms with Crippen LogP contribution in [0.3, 0.4) is 0 Å². The Labute approximate surface area is 170 Å². The lowest BCUT2D eigenvalue weighted by Crippen LogP contribution is -1.95. The molecule has 0 bridgehead atoms. The summed E-state index contributed by atoms with van der Waals surface area (Å²) in [5, 5.41) is 9.64. The minimum absolute atomic E-state index is 0.353. The molecule has 142 valence electrons. The molecule has 0 saturated carbocycles. The molecule has 9 heteroatoms. The number of hydrogen-bond acceptors (Lipinski definition) is 7. The van der Waals surface area contributed by atoms with Crippen LogP contribution in [0.1, 0.15) is 5.56 Å². The highest BCUT2D eigenvalue weighted by Crippen LogP contribution is 2.41. The van der Waals surface area contributed by atoms with Crippen LogP contribution in [0.5, 0.6) is 17.2 Å². The number of rotatable bonds is 7. The second-order valence-corrected chi connectivity index (χ2v) is 7.07. The zero-order valence-corrected chi connectivity index (χ0v) is 17.1. The van der Waals surface area contributed by atoms with E-state index in [1.165, 1.54) is 11.8 Å². The molecule has 3 aromatic rings. The van der Waals surface area contributed by atoms with Gasteiger partial charge in [-0.15, -0.1) is 10.2 Å². The molecule has 1 heterocycles. The van der Waals surface area contributed by atoms with Crippen LogP contribution in [0, 0.1) is 0 Å². The fraction of sp³-hybridized carbons (Fsp3) is 0.222. The molecule has 0 aliphatic heterocycles. The zero-order valence-electron chi connectivity index (χ0n) is 14.8. The predicted molar refractivity (Wildman–Crippen MR) is 105 cm³/mol. The van der Waals surface area contributed by atoms with E-state index >= 15 is 0 Å². The molecule has 1 aromatic heterocycles. The Kier molecular flexibility index (Phi) is 6.36. The smallest absolute Gasteiger partial charge is 0.277 e. The SMILES string of the molecule is COc1cc(-c2nnc(SCc3ccc(Cl)c(Cl)c3)o2)cc(OC)c1OC. The van der Waals surface area contributed by atoms with Gasteiger partial charge in [0.2, 0.25) is 11.6 Å². The van der Waals surface area contributed by atoms with E-state index in [1.807, 2.05) is 12.1 Å². The molecule has 0 N–H and O–H groups in total. The van der Waals surface area contributed by atoms with E-state index in [2.05, 4.69) is 10.2 Å². The van der Waals surface area contributed by atoms with Crippen molar-refractivity contribution >= 4 is 35.0 Å². The van der Waals surface area contributed by atoms with Crippen LogP contribution < -0.4 is 14.2 Å². The van der Waals surface area contributed by atoms with Crippen molar-refractivity contribution in [2.24, 2.45) is 0 Å². The summed E-state index contributed by atoms with van der Waals surface area (Å²) in [7, 11) is 4.64. The van der Waals surface area contributed by atoms with Crippen molar-refractivity contribution in [1.29, 1.82) is 0 Å². The predicted octanol–water partition coefficient (Wildman–Crippen LogP) is 5.36. The first-order valence-corrected chi connectivity index (χ1v) is 9.50. The van der Waals surface area contributed by atoms with Crippen LogP contribution in [0.4, 0.5) is 0 Å². The monoisotopic (exact) mass is 426 g/mol. The van der Waals surface area contributed by atoms with Crippen LogP contribution in [0.15, 0.2) is 40.0 Å². The Balaban J connectivity index is 1.80. The molecule has 2 aromatic carbocycles. The fourth-order valence-corrected chi connectivity index (χ4v) is 3.39. The third-order valence-corrected chi connectivity index (χ3v) is 5.29. The highest BCUT2D eigenvalue weighted by molar-refractivity contribution is 7.98. The zero-order chi connectivity index (χ0) is 19.4. The van der Waals surface area contributed by atoms with Crippen molar-refractivity contribution in [2.45, 2.75) is 11.0 Å². The number of methoxy groups -OCH3 is 3. The van der Waals surface area contributed by atoms with E-state index in [4.69, 9.17) is 41.8 Å². The van der Waals surface area contributed by atoms with E-state index in [0.717, 1.165) is 5.56 Å². The third-order valence-electron chi connectivity index (χ3n) is 3.66. The molecule has 0 unspecified atom stereocenters. The molecule has 0 fully saturated rings. The van der Waals surface area contributed by atoms with Crippen molar-refractivity contribution in [3.63, 3.8) is 0 Å². The minimum atomic E-state index is 0.353. The molecular weight excluding hydrogens is 411 g/mol. The molecular formula is C18H16Cl2N2O4S. The number of halogens is 2. The van der Waals surface area contributed by atoms with Crippen LogP contribution >= 0.6 is 35.0 Å². The van der Waals surface area contributed by atoms with E-state index in [-0.39, 0.29) is 0 Å². The maximum absolute atomic E-state index is 6.03. The average molecular weight is 427 g/mol. The highest BCUT2D eigenvalue weighted by Gasteiger charge is 2.17. The fourth-order valence-electron chi connectivity index (χ4n) is 2.36. The first-order chi connectivity index (χ1) is 13.0. The van der Waals surface area contributed by atoms with Gasteiger partial charge in [0.1, 0.15) is 0 Å². The summed E-state index contributed by atoms with van der Waals surface area (Å²) in [5.74, 6) is 2.49. The number of hydrogen-bond donors (Lipinski definition) is 0. The van der Waals surface area contributed by atoms with Gasteiger partial charge in [0, 0.05) is 11.3 Å². The summed E-state index contributed by atoms with van der Waals surface area (Å²) >= 11 is 13.4. The summed E-state index contributed by atoms with van der Waals surface area (Å²) in [6.45, 7) is 0. The summed E-state index contributed by atoms with van der Waals surface area (Å²) in [6, 6.07) is 8.98. The van der Waals surface area contributed by atoms with Crippen molar-refractivity contribution in [2.75, 3.05) is 21.3 Å². The lowest BCUT2D eigenvalue weighted by Gasteiger charge is -2.12. The second kappa shape index (κ2) is 8.73. The summed E-state index contributed by atoms with van der Waals surface area (Å²) in [4.78, 5) is 0. The molecule has 0 aliphatic rings. The first kappa shape index (κ1) is 19.7.